The minimum absolute atomic E-state index is 0.575. The Morgan fingerprint density at radius 1 is 1.10 bits per heavy atom. The molecule has 0 saturated heterocycles. The molecule has 1 aromatic heterocycles. The monoisotopic (exact) mass is 291 g/mol. The molecule has 6 heteroatoms. The van der Waals surface area contributed by atoms with Crippen molar-refractivity contribution in [2.45, 2.75) is 20.0 Å². The second kappa shape index (κ2) is 6.88. The number of hydrogen-bond acceptors (Lipinski definition) is 5. The molecule has 21 heavy (non-hydrogen) atoms. The van der Waals surface area contributed by atoms with Gasteiger partial charge in [0.15, 0.2) is 0 Å². The first-order valence-electron chi connectivity index (χ1n) is 6.77. The van der Waals surface area contributed by atoms with Gasteiger partial charge in [-0.2, -0.15) is 5.10 Å². The summed E-state index contributed by atoms with van der Waals surface area (Å²) in [6, 6.07) is 3.68. The highest BCUT2D eigenvalue weighted by Gasteiger charge is 2.13. The molecule has 1 heterocycles. The number of aromatic nitrogens is 2. The number of anilines is 1. The van der Waals surface area contributed by atoms with E-state index in [1.165, 1.54) is 0 Å². The normalized spacial score (nSPS) is 10.3. The maximum atomic E-state index is 5.42. The maximum Gasteiger partial charge on any atom is 0.131 e. The Balaban J connectivity index is 2.21. The molecule has 0 fully saturated rings. The molecule has 0 radical (unpaired) electrons. The minimum atomic E-state index is 0.575. The van der Waals surface area contributed by atoms with Gasteiger partial charge in [-0.15, -0.1) is 0 Å². The Morgan fingerprint density at radius 2 is 1.76 bits per heavy atom. The number of hydrogen-bond donors (Lipinski definition) is 1. The SMILES string of the molecule is CCn1cc(NCc2c(OC)cc(OC)cc2OC)cn1. The van der Waals surface area contributed by atoms with Crippen molar-refractivity contribution >= 4 is 5.69 Å². The van der Waals surface area contributed by atoms with E-state index in [1.807, 2.05) is 29.9 Å². The van der Waals surface area contributed by atoms with Crippen LogP contribution in [-0.4, -0.2) is 31.1 Å². The number of benzene rings is 1. The van der Waals surface area contributed by atoms with Gasteiger partial charge in [0.05, 0.1) is 38.8 Å². The van der Waals surface area contributed by atoms with Gasteiger partial charge < -0.3 is 19.5 Å². The van der Waals surface area contributed by atoms with E-state index in [0.717, 1.165) is 29.3 Å². The van der Waals surface area contributed by atoms with Gasteiger partial charge in [-0.1, -0.05) is 0 Å². The summed E-state index contributed by atoms with van der Waals surface area (Å²) < 4.78 is 18.0. The molecule has 0 atom stereocenters. The van der Waals surface area contributed by atoms with E-state index in [1.54, 1.807) is 27.5 Å². The predicted octanol–water partition coefficient (Wildman–Crippen LogP) is 2.54. The third kappa shape index (κ3) is 3.39. The largest absolute Gasteiger partial charge is 0.496 e. The van der Waals surface area contributed by atoms with E-state index >= 15 is 0 Å². The van der Waals surface area contributed by atoms with Crippen molar-refractivity contribution in [3.8, 4) is 17.2 Å². The first-order chi connectivity index (χ1) is 10.2. The van der Waals surface area contributed by atoms with Crippen LogP contribution in [0.2, 0.25) is 0 Å². The fourth-order valence-electron chi connectivity index (χ4n) is 2.07. The van der Waals surface area contributed by atoms with Crippen molar-refractivity contribution < 1.29 is 14.2 Å². The molecule has 1 N–H and O–H groups in total. The van der Waals surface area contributed by atoms with Crippen LogP contribution in [0, 0.1) is 0 Å². The van der Waals surface area contributed by atoms with Crippen molar-refractivity contribution in [1.29, 1.82) is 0 Å². The van der Waals surface area contributed by atoms with E-state index in [0.29, 0.717) is 12.3 Å². The van der Waals surface area contributed by atoms with Gasteiger partial charge in [0.25, 0.3) is 0 Å². The van der Waals surface area contributed by atoms with Crippen LogP contribution in [0.15, 0.2) is 24.5 Å². The van der Waals surface area contributed by atoms with E-state index in [2.05, 4.69) is 10.4 Å². The van der Waals surface area contributed by atoms with Gasteiger partial charge in [-0.05, 0) is 6.92 Å². The van der Waals surface area contributed by atoms with Crippen LogP contribution in [0.3, 0.4) is 0 Å². The van der Waals surface area contributed by atoms with Crippen LogP contribution in [0.25, 0.3) is 0 Å². The molecule has 114 valence electrons. The van der Waals surface area contributed by atoms with Gasteiger partial charge in [-0.25, -0.2) is 0 Å². The molecule has 2 rings (SSSR count). The molecule has 0 saturated carbocycles. The van der Waals surface area contributed by atoms with E-state index in [-0.39, 0.29) is 0 Å². The zero-order valence-electron chi connectivity index (χ0n) is 12.8. The third-order valence-electron chi connectivity index (χ3n) is 3.24. The van der Waals surface area contributed by atoms with Crippen LogP contribution in [0.4, 0.5) is 5.69 Å². The topological polar surface area (TPSA) is 57.5 Å². The smallest absolute Gasteiger partial charge is 0.131 e. The summed E-state index contributed by atoms with van der Waals surface area (Å²) in [7, 11) is 4.88. The number of rotatable bonds is 7. The molecule has 2 aromatic rings. The predicted molar refractivity (Wildman–Crippen MR) is 81.3 cm³/mol. The first kappa shape index (κ1) is 15.0. The number of methoxy groups -OCH3 is 3. The Bertz CT molecular complexity index is 571. The van der Waals surface area contributed by atoms with Crippen LogP contribution in [0.1, 0.15) is 12.5 Å². The standard InChI is InChI=1S/C15H21N3O3/c1-5-18-10-11(8-17-18)16-9-13-14(20-3)6-12(19-2)7-15(13)21-4/h6-8,10,16H,5,9H2,1-4H3. The van der Waals surface area contributed by atoms with Crippen molar-refractivity contribution in [2.75, 3.05) is 26.6 Å². The summed E-state index contributed by atoms with van der Waals surface area (Å²) in [6.45, 7) is 3.47. The summed E-state index contributed by atoms with van der Waals surface area (Å²) in [5.41, 5.74) is 1.89. The summed E-state index contributed by atoms with van der Waals surface area (Å²) in [4.78, 5) is 0. The zero-order chi connectivity index (χ0) is 15.2. The van der Waals surface area contributed by atoms with Gasteiger partial charge in [0.2, 0.25) is 0 Å². The third-order valence-corrected chi connectivity index (χ3v) is 3.24. The number of nitrogens with one attached hydrogen (secondary N) is 1. The molecule has 0 amide bonds. The lowest BCUT2D eigenvalue weighted by molar-refractivity contribution is 0.369. The Kier molecular flexibility index (Phi) is 4.92. The van der Waals surface area contributed by atoms with Crippen LogP contribution < -0.4 is 19.5 Å². The zero-order valence-corrected chi connectivity index (χ0v) is 12.8. The maximum absolute atomic E-state index is 5.42. The lowest BCUT2D eigenvalue weighted by atomic mass is 10.1. The molecular weight excluding hydrogens is 270 g/mol. The van der Waals surface area contributed by atoms with Gasteiger partial charge in [0.1, 0.15) is 17.2 Å². The Labute approximate surface area is 124 Å². The molecule has 0 bridgehead atoms. The molecule has 1 aromatic carbocycles. The van der Waals surface area contributed by atoms with Gasteiger partial charge >= 0.3 is 0 Å². The lowest BCUT2D eigenvalue weighted by Crippen LogP contribution is -2.04. The van der Waals surface area contributed by atoms with Gasteiger partial charge in [-0.3, -0.25) is 4.68 Å². The number of ether oxygens (including phenoxy) is 3. The molecule has 0 aliphatic rings. The van der Waals surface area contributed by atoms with Crippen molar-refractivity contribution in [3.63, 3.8) is 0 Å². The molecule has 0 aliphatic carbocycles. The molecule has 6 nitrogen and oxygen atoms in total. The summed E-state index contributed by atoms with van der Waals surface area (Å²) in [6.07, 6.45) is 3.76. The van der Waals surface area contributed by atoms with Crippen LogP contribution in [-0.2, 0) is 13.1 Å². The Morgan fingerprint density at radius 3 is 2.24 bits per heavy atom. The fourth-order valence-corrected chi connectivity index (χ4v) is 2.07. The van der Waals surface area contributed by atoms with Crippen molar-refractivity contribution in [1.82, 2.24) is 9.78 Å². The van der Waals surface area contributed by atoms with Gasteiger partial charge in [0, 0.05) is 31.4 Å². The lowest BCUT2D eigenvalue weighted by Gasteiger charge is -2.15. The average Bonchev–Trinajstić information content (AvgIpc) is 2.99. The first-order valence-corrected chi connectivity index (χ1v) is 6.77. The van der Waals surface area contributed by atoms with Crippen molar-refractivity contribution in [2.24, 2.45) is 0 Å². The quantitative estimate of drug-likeness (QED) is 0.849. The highest BCUT2D eigenvalue weighted by Crippen LogP contribution is 2.34. The number of aryl methyl sites for hydroxylation is 1. The molecular formula is C15H21N3O3. The highest BCUT2D eigenvalue weighted by molar-refractivity contribution is 5.52. The van der Waals surface area contributed by atoms with Crippen LogP contribution in [0.5, 0.6) is 17.2 Å². The Hall–Kier alpha value is -2.37. The van der Waals surface area contributed by atoms with E-state index in [9.17, 15) is 0 Å². The van der Waals surface area contributed by atoms with Crippen LogP contribution >= 0.6 is 0 Å². The minimum Gasteiger partial charge on any atom is -0.496 e. The average molecular weight is 291 g/mol. The molecule has 0 aliphatic heterocycles. The second-order valence-corrected chi connectivity index (χ2v) is 4.45. The summed E-state index contributed by atoms with van der Waals surface area (Å²) in [5.74, 6) is 2.15. The summed E-state index contributed by atoms with van der Waals surface area (Å²) in [5, 5.41) is 7.55. The fraction of sp³-hybridized carbons (Fsp3) is 0.400. The highest BCUT2D eigenvalue weighted by atomic mass is 16.5. The molecule has 0 spiro atoms. The second-order valence-electron chi connectivity index (χ2n) is 4.45. The number of nitrogens with zero attached hydrogens (tertiary/aromatic N) is 2. The van der Waals surface area contributed by atoms with Crippen molar-refractivity contribution in [3.05, 3.63) is 30.1 Å². The van der Waals surface area contributed by atoms with E-state index in [4.69, 9.17) is 14.2 Å². The van der Waals surface area contributed by atoms with E-state index < -0.39 is 0 Å². The molecule has 0 unspecified atom stereocenters. The summed E-state index contributed by atoms with van der Waals surface area (Å²) >= 11 is 0.